The summed E-state index contributed by atoms with van der Waals surface area (Å²) < 4.78 is 1.72. The Bertz CT molecular complexity index is 725. The molecule has 7 heteroatoms. The number of rotatable bonds is 3. The maximum Gasteiger partial charge on any atom is 0.255 e. The summed E-state index contributed by atoms with van der Waals surface area (Å²) >= 11 is 11.1. The van der Waals surface area contributed by atoms with Gasteiger partial charge in [0, 0.05) is 0 Å². The standard InChI is InChI=1S/C14H15N3OS3/c1-7(2)5-10-12(18)17(13(19)15-10)8-3-4-9-11(6-8)21-14(20)16-9/h3-4,6-7,10H,5H2,1-2H3,(H,15,19)(H,16,20). The van der Waals surface area contributed by atoms with Gasteiger partial charge in [0.05, 0.1) is 15.9 Å². The van der Waals surface area contributed by atoms with Crippen LogP contribution in [0.5, 0.6) is 0 Å². The molecule has 1 aliphatic rings. The maximum atomic E-state index is 12.5. The third-order valence-electron chi connectivity index (χ3n) is 3.35. The van der Waals surface area contributed by atoms with Crippen LogP contribution < -0.4 is 10.2 Å². The highest BCUT2D eigenvalue weighted by Crippen LogP contribution is 2.30. The summed E-state index contributed by atoms with van der Waals surface area (Å²) in [5, 5.41) is 3.59. The average Bonchev–Trinajstić information content (AvgIpc) is 2.88. The number of nitrogens with zero attached hydrogens (tertiary/aromatic N) is 2. The number of hydrogen-bond acceptors (Lipinski definition) is 5. The molecule has 0 radical (unpaired) electrons. The van der Waals surface area contributed by atoms with Crippen LogP contribution in [0.4, 0.5) is 5.69 Å². The quantitative estimate of drug-likeness (QED) is 0.667. The molecular formula is C14H15N3OS3. The monoisotopic (exact) mass is 337 g/mol. The lowest BCUT2D eigenvalue weighted by molar-refractivity contribution is -0.118. The largest absolute Gasteiger partial charge is 0.350 e. The minimum Gasteiger partial charge on any atom is -0.350 e. The molecule has 21 heavy (non-hydrogen) atoms. The average molecular weight is 337 g/mol. The first-order valence-electron chi connectivity index (χ1n) is 6.69. The number of thiol groups is 1. The molecule has 0 saturated carbocycles. The molecule has 1 aromatic heterocycles. The number of carbonyl (C=O) groups is 1. The molecule has 0 spiro atoms. The molecule has 110 valence electrons. The van der Waals surface area contributed by atoms with Crippen LogP contribution in [0.3, 0.4) is 0 Å². The summed E-state index contributed by atoms with van der Waals surface area (Å²) in [4.78, 5) is 18.4. The van der Waals surface area contributed by atoms with Gasteiger partial charge in [-0.3, -0.25) is 9.69 Å². The molecular weight excluding hydrogens is 322 g/mol. The van der Waals surface area contributed by atoms with E-state index >= 15 is 0 Å². The Morgan fingerprint density at radius 2 is 2.29 bits per heavy atom. The van der Waals surface area contributed by atoms with E-state index in [1.807, 2.05) is 18.2 Å². The minimum atomic E-state index is -0.227. The lowest BCUT2D eigenvalue weighted by atomic mass is 10.0. The van der Waals surface area contributed by atoms with Gasteiger partial charge in [0.2, 0.25) is 0 Å². The van der Waals surface area contributed by atoms with Crippen molar-refractivity contribution in [1.29, 1.82) is 0 Å². The zero-order chi connectivity index (χ0) is 15.1. The summed E-state index contributed by atoms with van der Waals surface area (Å²) in [7, 11) is 0. The van der Waals surface area contributed by atoms with Gasteiger partial charge in [-0.2, -0.15) is 0 Å². The van der Waals surface area contributed by atoms with Crippen molar-refractivity contribution < 1.29 is 4.79 Å². The van der Waals surface area contributed by atoms with Crippen LogP contribution in [0.15, 0.2) is 22.5 Å². The summed E-state index contributed by atoms with van der Waals surface area (Å²) in [5.74, 6) is 0.452. The zero-order valence-electron chi connectivity index (χ0n) is 11.7. The molecule has 1 saturated heterocycles. The van der Waals surface area contributed by atoms with Gasteiger partial charge in [0.15, 0.2) is 5.11 Å². The molecule has 3 rings (SSSR count). The number of hydrogen-bond donors (Lipinski definition) is 2. The second-order valence-electron chi connectivity index (χ2n) is 5.45. The molecule has 4 nitrogen and oxygen atoms in total. The lowest BCUT2D eigenvalue weighted by Crippen LogP contribution is -2.31. The van der Waals surface area contributed by atoms with Crippen molar-refractivity contribution in [2.24, 2.45) is 5.92 Å². The Kier molecular flexibility index (Phi) is 3.90. The lowest BCUT2D eigenvalue weighted by Gasteiger charge is -2.15. The third-order valence-corrected chi connectivity index (χ3v) is 4.84. The smallest absolute Gasteiger partial charge is 0.255 e. The van der Waals surface area contributed by atoms with Crippen molar-refractivity contribution in [2.75, 3.05) is 4.90 Å². The van der Waals surface area contributed by atoms with E-state index in [9.17, 15) is 4.79 Å². The van der Waals surface area contributed by atoms with Gasteiger partial charge >= 0.3 is 0 Å². The highest BCUT2D eigenvalue weighted by Gasteiger charge is 2.36. The molecule has 1 N–H and O–H groups in total. The fraction of sp³-hybridized carbons (Fsp3) is 0.357. The number of thiocarbonyl (C=S) groups is 1. The molecule has 1 aromatic carbocycles. The van der Waals surface area contributed by atoms with Crippen LogP contribution >= 0.6 is 36.2 Å². The van der Waals surface area contributed by atoms with Crippen LogP contribution in [0.2, 0.25) is 0 Å². The number of carbonyl (C=O) groups excluding carboxylic acids is 1. The predicted molar refractivity (Wildman–Crippen MR) is 93.3 cm³/mol. The predicted octanol–water partition coefficient (Wildman–Crippen LogP) is 3.22. The molecule has 1 unspecified atom stereocenters. The van der Waals surface area contributed by atoms with Gasteiger partial charge in [0.25, 0.3) is 5.91 Å². The fourth-order valence-corrected chi connectivity index (χ4v) is 3.93. The van der Waals surface area contributed by atoms with Crippen LogP contribution in [0.25, 0.3) is 10.2 Å². The van der Waals surface area contributed by atoms with E-state index in [4.69, 9.17) is 12.2 Å². The first kappa shape index (κ1) is 14.7. The van der Waals surface area contributed by atoms with Crippen LogP contribution in [0, 0.1) is 5.92 Å². The van der Waals surface area contributed by atoms with E-state index in [-0.39, 0.29) is 11.9 Å². The normalized spacial score (nSPS) is 18.9. The molecule has 1 aliphatic heterocycles. The molecule has 2 heterocycles. The van der Waals surface area contributed by atoms with Gasteiger partial charge in [-0.15, -0.1) is 24.0 Å². The van der Waals surface area contributed by atoms with E-state index < -0.39 is 0 Å². The molecule has 0 aliphatic carbocycles. The Hall–Kier alpha value is -1.18. The zero-order valence-corrected chi connectivity index (χ0v) is 14.2. The Labute approximate surface area is 138 Å². The Morgan fingerprint density at radius 3 is 3.00 bits per heavy atom. The number of fused-ring (bicyclic) bond motifs is 1. The maximum absolute atomic E-state index is 12.5. The van der Waals surface area contributed by atoms with E-state index in [0.717, 1.165) is 22.3 Å². The van der Waals surface area contributed by atoms with Gasteiger partial charge in [-0.05, 0) is 42.8 Å². The first-order valence-corrected chi connectivity index (χ1v) is 8.37. The first-order chi connectivity index (χ1) is 9.95. The number of amides is 1. The summed E-state index contributed by atoms with van der Waals surface area (Å²) in [6.07, 6.45) is 0.777. The van der Waals surface area contributed by atoms with Gasteiger partial charge in [-0.25, -0.2) is 4.98 Å². The molecule has 1 fully saturated rings. The van der Waals surface area contributed by atoms with Gasteiger partial charge in [-0.1, -0.05) is 13.8 Å². The van der Waals surface area contributed by atoms with Gasteiger partial charge < -0.3 is 5.32 Å². The highest BCUT2D eigenvalue weighted by atomic mass is 32.2. The van der Waals surface area contributed by atoms with Crippen LogP contribution in [-0.4, -0.2) is 22.0 Å². The third kappa shape index (κ3) is 2.77. The summed E-state index contributed by atoms with van der Waals surface area (Å²) in [6.45, 7) is 4.19. The van der Waals surface area contributed by atoms with Crippen LogP contribution in [0.1, 0.15) is 20.3 Å². The second kappa shape index (κ2) is 5.55. The second-order valence-corrected chi connectivity index (χ2v) is 7.60. The number of thiazole rings is 1. The van der Waals surface area contributed by atoms with Crippen molar-refractivity contribution in [3.8, 4) is 0 Å². The number of benzene rings is 1. The van der Waals surface area contributed by atoms with Crippen molar-refractivity contribution in [2.45, 2.75) is 30.6 Å². The van der Waals surface area contributed by atoms with E-state index in [2.05, 4.69) is 36.8 Å². The van der Waals surface area contributed by atoms with Crippen molar-refractivity contribution >= 4 is 63.1 Å². The number of anilines is 1. The molecule has 1 amide bonds. The molecule has 1 atom stereocenters. The van der Waals surface area contributed by atoms with Crippen molar-refractivity contribution in [1.82, 2.24) is 10.3 Å². The topological polar surface area (TPSA) is 45.2 Å². The van der Waals surface area contributed by atoms with Crippen LogP contribution in [-0.2, 0) is 4.79 Å². The van der Waals surface area contributed by atoms with Gasteiger partial charge in [0.1, 0.15) is 10.4 Å². The Morgan fingerprint density at radius 1 is 1.52 bits per heavy atom. The van der Waals surface area contributed by atoms with Crippen molar-refractivity contribution in [3.05, 3.63) is 18.2 Å². The fourth-order valence-electron chi connectivity index (χ4n) is 2.45. The van der Waals surface area contributed by atoms with E-state index in [1.165, 1.54) is 11.3 Å². The summed E-state index contributed by atoms with van der Waals surface area (Å²) in [6, 6.07) is 5.48. The van der Waals surface area contributed by atoms with Crippen molar-refractivity contribution in [3.63, 3.8) is 0 Å². The highest BCUT2D eigenvalue weighted by molar-refractivity contribution is 7.83. The Balaban J connectivity index is 1.94. The summed E-state index contributed by atoms with van der Waals surface area (Å²) in [5.41, 5.74) is 1.67. The number of aromatic nitrogens is 1. The van der Waals surface area contributed by atoms with E-state index in [0.29, 0.717) is 15.4 Å². The molecule has 0 bridgehead atoms. The van der Waals surface area contributed by atoms with E-state index in [1.54, 1.807) is 4.90 Å². The SMILES string of the molecule is CC(C)CC1NC(=S)N(c2ccc3nc(S)sc3c2)C1=O. The molecule has 2 aromatic rings. The number of nitrogens with one attached hydrogen (secondary N) is 1. The minimum absolute atomic E-state index is 0.0173.